The first kappa shape index (κ1) is 18.6. The highest BCUT2D eigenvalue weighted by Gasteiger charge is 2.50. The van der Waals surface area contributed by atoms with Crippen molar-refractivity contribution >= 4 is 39.5 Å². The lowest BCUT2D eigenvalue weighted by Crippen LogP contribution is -2.41. The number of hydrogen-bond donors (Lipinski definition) is 1. The van der Waals surface area contributed by atoms with Crippen molar-refractivity contribution in [1.82, 2.24) is 20.4 Å². The van der Waals surface area contributed by atoms with Gasteiger partial charge in [0.25, 0.3) is 5.91 Å². The molecule has 1 saturated heterocycles. The molecule has 28 heavy (non-hydrogen) atoms. The van der Waals surface area contributed by atoms with E-state index < -0.39 is 17.5 Å². The number of halogens is 2. The fraction of sp³-hybridized carbons (Fsp3) is 0.158. The van der Waals surface area contributed by atoms with Gasteiger partial charge in [0, 0.05) is 20.6 Å². The van der Waals surface area contributed by atoms with Gasteiger partial charge in [-0.15, -0.1) is 0 Å². The molecule has 7 nitrogen and oxygen atoms in total. The summed E-state index contributed by atoms with van der Waals surface area (Å²) < 4.78 is 5.96. The maximum atomic E-state index is 13.0. The van der Waals surface area contributed by atoms with Crippen molar-refractivity contribution in [3.63, 3.8) is 0 Å². The fourth-order valence-corrected chi connectivity index (χ4v) is 3.87. The van der Waals surface area contributed by atoms with E-state index in [9.17, 15) is 9.59 Å². The van der Waals surface area contributed by atoms with Crippen LogP contribution in [0.1, 0.15) is 18.4 Å². The van der Waals surface area contributed by atoms with Gasteiger partial charge in [0.05, 0.1) is 0 Å². The molecule has 0 aliphatic carbocycles. The zero-order chi connectivity index (χ0) is 19.9. The van der Waals surface area contributed by atoms with E-state index in [1.807, 2.05) is 18.2 Å². The van der Waals surface area contributed by atoms with Crippen molar-refractivity contribution < 1.29 is 14.1 Å². The first-order valence-corrected chi connectivity index (χ1v) is 9.53. The predicted octanol–water partition coefficient (Wildman–Crippen LogP) is 4.12. The molecule has 0 bridgehead atoms. The van der Waals surface area contributed by atoms with E-state index in [0.29, 0.717) is 16.4 Å². The summed E-state index contributed by atoms with van der Waals surface area (Å²) in [5, 5.41) is 7.26. The van der Waals surface area contributed by atoms with E-state index in [2.05, 4.69) is 31.4 Å². The van der Waals surface area contributed by atoms with Crippen LogP contribution in [0.2, 0.25) is 5.02 Å². The normalized spacial score (nSPS) is 19.2. The number of carbonyl (C=O) groups excluding carboxylic acids is 2. The summed E-state index contributed by atoms with van der Waals surface area (Å²) in [6, 6.07) is 13.7. The molecule has 1 atom stereocenters. The standard InChI is InChI=1S/C19H14BrClN4O3/c1-19(13-4-2-3-5-14(13)20)17(26)25(18(27)23-19)10-15-22-16(24-28-15)11-6-8-12(21)9-7-11/h2-9H,10H2,1H3,(H,23,27). The highest BCUT2D eigenvalue weighted by atomic mass is 79.9. The van der Waals surface area contributed by atoms with E-state index >= 15 is 0 Å². The molecule has 1 fully saturated rings. The molecule has 1 aliphatic heterocycles. The summed E-state index contributed by atoms with van der Waals surface area (Å²) in [5.74, 6) is 0.118. The molecule has 0 radical (unpaired) electrons. The minimum atomic E-state index is -1.18. The van der Waals surface area contributed by atoms with Gasteiger partial charge in [0.15, 0.2) is 0 Å². The topological polar surface area (TPSA) is 88.3 Å². The van der Waals surface area contributed by atoms with Crippen LogP contribution in [0.5, 0.6) is 0 Å². The molecule has 3 aromatic rings. The van der Waals surface area contributed by atoms with E-state index in [1.54, 1.807) is 37.3 Å². The second-order valence-electron chi connectivity index (χ2n) is 6.44. The lowest BCUT2D eigenvalue weighted by atomic mass is 9.92. The molecule has 3 amide bonds. The Morgan fingerprint density at radius 3 is 2.61 bits per heavy atom. The average Bonchev–Trinajstić information content (AvgIpc) is 3.22. The smallest absolute Gasteiger partial charge is 0.325 e. The first-order chi connectivity index (χ1) is 13.4. The number of aromatic nitrogens is 2. The van der Waals surface area contributed by atoms with Gasteiger partial charge in [-0.3, -0.25) is 9.69 Å². The third-order valence-electron chi connectivity index (χ3n) is 4.55. The Balaban J connectivity index is 1.58. The van der Waals surface area contributed by atoms with Crippen LogP contribution < -0.4 is 5.32 Å². The van der Waals surface area contributed by atoms with Crippen molar-refractivity contribution in [1.29, 1.82) is 0 Å². The Bertz CT molecular complexity index is 1070. The van der Waals surface area contributed by atoms with Crippen LogP contribution in [0.3, 0.4) is 0 Å². The molecule has 2 heterocycles. The van der Waals surface area contributed by atoms with Crippen molar-refractivity contribution in [3.8, 4) is 11.4 Å². The Hall–Kier alpha value is -2.71. The summed E-state index contributed by atoms with van der Waals surface area (Å²) in [6.07, 6.45) is 0. The van der Waals surface area contributed by atoms with Crippen LogP contribution in [0.25, 0.3) is 11.4 Å². The van der Waals surface area contributed by atoms with Gasteiger partial charge in [0.1, 0.15) is 12.1 Å². The van der Waals surface area contributed by atoms with Crippen molar-refractivity contribution in [2.45, 2.75) is 19.0 Å². The minimum Gasteiger partial charge on any atom is -0.337 e. The molecule has 1 N–H and O–H groups in total. The van der Waals surface area contributed by atoms with Gasteiger partial charge in [0.2, 0.25) is 11.7 Å². The van der Waals surface area contributed by atoms with E-state index in [1.165, 1.54) is 0 Å². The van der Waals surface area contributed by atoms with Gasteiger partial charge in [-0.25, -0.2) is 4.79 Å². The molecular weight excluding hydrogens is 448 g/mol. The van der Waals surface area contributed by atoms with Gasteiger partial charge in [-0.1, -0.05) is 50.9 Å². The van der Waals surface area contributed by atoms with Crippen molar-refractivity contribution in [3.05, 3.63) is 69.5 Å². The Kier molecular flexibility index (Phi) is 4.68. The van der Waals surface area contributed by atoms with Gasteiger partial charge in [-0.05, 0) is 37.3 Å². The van der Waals surface area contributed by atoms with Crippen LogP contribution in [-0.4, -0.2) is 27.0 Å². The number of urea groups is 1. The Labute approximate surface area is 173 Å². The lowest BCUT2D eigenvalue weighted by molar-refractivity contribution is -0.131. The molecule has 1 unspecified atom stereocenters. The summed E-state index contributed by atoms with van der Waals surface area (Å²) in [4.78, 5) is 30.8. The van der Waals surface area contributed by atoms with Crippen molar-refractivity contribution in [2.24, 2.45) is 0 Å². The highest BCUT2D eigenvalue weighted by Crippen LogP contribution is 2.34. The third-order valence-corrected chi connectivity index (χ3v) is 5.49. The summed E-state index contributed by atoms with van der Waals surface area (Å²) in [5.41, 5.74) is 0.203. The van der Waals surface area contributed by atoms with Crippen molar-refractivity contribution in [2.75, 3.05) is 0 Å². The number of amides is 3. The largest absolute Gasteiger partial charge is 0.337 e. The first-order valence-electron chi connectivity index (χ1n) is 8.36. The molecule has 0 saturated carbocycles. The molecule has 4 rings (SSSR count). The third kappa shape index (κ3) is 3.18. The number of nitrogens with zero attached hydrogens (tertiary/aromatic N) is 3. The molecular formula is C19H14BrClN4O3. The van der Waals surface area contributed by atoms with Gasteiger partial charge in [-0.2, -0.15) is 4.98 Å². The fourth-order valence-electron chi connectivity index (χ4n) is 3.06. The monoisotopic (exact) mass is 460 g/mol. The summed E-state index contributed by atoms with van der Waals surface area (Å²) >= 11 is 9.32. The zero-order valence-corrected chi connectivity index (χ0v) is 17.0. The maximum Gasteiger partial charge on any atom is 0.325 e. The number of imide groups is 1. The summed E-state index contributed by atoms with van der Waals surface area (Å²) in [7, 11) is 0. The summed E-state index contributed by atoms with van der Waals surface area (Å²) in [6.45, 7) is 1.55. The second-order valence-corrected chi connectivity index (χ2v) is 7.74. The number of carbonyl (C=O) groups is 2. The van der Waals surface area contributed by atoms with E-state index in [4.69, 9.17) is 16.1 Å². The second kappa shape index (κ2) is 7.03. The van der Waals surface area contributed by atoms with Crippen LogP contribution in [0.15, 0.2) is 57.5 Å². The SMILES string of the molecule is CC1(c2ccccc2Br)NC(=O)N(Cc2nc(-c3ccc(Cl)cc3)no2)C1=O. The zero-order valence-electron chi connectivity index (χ0n) is 14.6. The highest BCUT2D eigenvalue weighted by molar-refractivity contribution is 9.10. The van der Waals surface area contributed by atoms with E-state index in [0.717, 1.165) is 14.9 Å². The van der Waals surface area contributed by atoms with Crippen LogP contribution in [0, 0.1) is 0 Å². The molecule has 1 aliphatic rings. The molecule has 2 aromatic carbocycles. The molecule has 0 spiro atoms. The number of nitrogens with one attached hydrogen (secondary N) is 1. The van der Waals surface area contributed by atoms with Crippen LogP contribution in [-0.2, 0) is 16.9 Å². The molecule has 1 aromatic heterocycles. The number of rotatable bonds is 4. The van der Waals surface area contributed by atoms with Crippen LogP contribution >= 0.6 is 27.5 Å². The predicted molar refractivity (Wildman–Crippen MR) is 105 cm³/mol. The van der Waals surface area contributed by atoms with Gasteiger partial charge < -0.3 is 9.84 Å². The molecule has 9 heteroatoms. The minimum absolute atomic E-state index is 0.120. The number of hydrogen-bond acceptors (Lipinski definition) is 5. The van der Waals surface area contributed by atoms with Crippen LogP contribution in [0.4, 0.5) is 4.79 Å². The Morgan fingerprint density at radius 2 is 1.89 bits per heavy atom. The lowest BCUT2D eigenvalue weighted by Gasteiger charge is -2.23. The van der Waals surface area contributed by atoms with Gasteiger partial charge >= 0.3 is 6.03 Å². The quantitative estimate of drug-likeness (QED) is 0.591. The Morgan fingerprint density at radius 1 is 1.18 bits per heavy atom. The number of benzene rings is 2. The average molecular weight is 462 g/mol. The van der Waals surface area contributed by atoms with E-state index in [-0.39, 0.29) is 12.4 Å². The molecule has 142 valence electrons. The maximum absolute atomic E-state index is 13.0.